The van der Waals surface area contributed by atoms with E-state index in [0.717, 1.165) is 11.4 Å². The molecule has 2 rings (SSSR count). The van der Waals surface area contributed by atoms with E-state index in [1.165, 1.54) is 16.2 Å². The van der Waals surface area contributed by atoms with Crippen LogP contribution in [0.3, 0.4) is 0 Å². The molecule has 0 atom stereocenters. The summed E-state index contributed by atoms with van der Waals surface area (Å²) in [7, 11) is 1.77. The van der Waals surface area contributed by atoms with Crippen LogP contribution >= 0.6 is 11.3 Å². The molecule has 1 fully saturated rings. The number of aromatic nitrogens is 2. The topological polar surface area (TPSA) is 78.4 Å². The summed E-state index contributed by atoms with van der Waals surface area (Å²) < 4.78 is 0. The number of carbonyl (C=O) groups excluding carboxylic acids is 2. The Morgan fingerprint density at radius 3 is 2.53 bits per heavy atom. The molecule has 1 aromatic heterocycles. The van der Waals surface area contributed by atoms with Gasteiger partial charge in [0, 0.05) is 13.6 Å². The zero-order valence-corrected chi connectivity index (χ0v) is 11.9. The standard InChI is InChI=1S/C11H17N5O2S/c1-3-4-15-6-10(18)16(7-9(15)17)5-8-13-14-11(12-2)19-8/h3-7H2,1-2H3,(H,12,14). The van der Waals surface area contributed by atoms with Crippen molar-refractivity contribution in [1.82, 2.24) is 20.0 Å². The molecular weight excluding hydrogens is 266 g/mol. The predicted molar refractivity (Wildman–Crippen MR) is 71.7 cm³/mol. The molecule has 1 saturated heterocycles. The van der Waals surface area contributed by atoms with Crippen LogP contribution in [0.25, 0.3) is 0 Å². The van der Waals surface area contributed by atoms with Crippen LogP contribution in [-0.2, 0) is 16.1 Å². The molecule has 2 amide bonds. The van der Waals surface area contributed by atoms with Crippen LogP contribution in [0.5, 0.6) is 0 Å². The highest BCUT2D eigenvalue weighted by molar-refractivity contribution is 7.15. The second kappa shape index (κ2) is 5.96. The van der Waals surface area contributed by atoms with Gasteiger partial charge in [-0.15, -0.1) is 10.2 Å². The fourth-order valence-electron chi connectivity index (χ4n) is 1.90. The van der Waals surface area contributed by atoms with Crippen LogP contribution in [-0.4, -0.2) is 58.5 Å². The van der Waals surface area contributed by atoms with Crippen LogP contribution in [0.2, 0.25) is 0 Å². The number of nitrogens with one attached hydrogen (secondary N) is 1. The number of piperazine rings is 1. The van der Waals surface area contributed by atoms with Crippen molar-refractivity contribution in [2.75, 3.05) is 32.0 Å². The predicted octanol–water partition coefficient (Wildman–Crippen LogP) is 0.161. The van der Waals surface area contributed by atoms with Crippen LogP contribution < -0.4 is 5.32 Å². The van der Waals surface area contributed by atoms with E-state index in [0.29, 0.717) is 18.2 Å². The molecule has 2 heterocycles. The normalized spacial score (nSPS) is 16.1. The average Bonchev–Trinajstić information content (AvgIpc) is 2.83. The molecule has 1 N–H and O–H groups in total. The minimum Gasteiger partial charge on any atom is -0.363 e. The van der Waals surface area contributed by atoms with Gasteiger partial charge in [0.25, 0.3) is 0 Å². The lowest BCUT2D eigenvalue weighted by Crippen LogP contribution is -2.53. The molecule has 0 unspecified atom stereocenters. The lowest BCUT2D eigenvalue weighted by Gasteiger charge is -2.33. The first-order valence-electron chi connectivity index (χ1n) is 6.19. The van der Waals surface area contributed by atoms with Crippen molar-refractivity contribution >= 4 is 28.3 Å². The van der Waals surface area contributed by atoms with Gasteiger partial charge < -0.3 is 15.1 Å². The molecule has 19 heavy (non-hydrogen) atoms. The molecule has 7 nitrogen and oxygen atoms in total. The Balaban J connectivity index is 1.98. The smallest absolute Gasteiger partial charge is 0.243 e. The molecule has 1 aromatic rings. The zero-order chi connectivity index (χ0) is 13.8. The highest BCUT2D eigenvalue weighted by Crippen LogP contribution is 2.17. The summed E-state index contributed by atoms with van der Waals surface area (Å²) in [5, 5.41) is 12.2. The lowest BCUT2D eigenvalue weighted by atomic mass is 10.2. The molecule has 0 aromatic carbocycles. The molecular formula is C11H17N5O2S. The summed E-state index contributed by atoms with van der Waals surface area (Å²) in [5.41, 5.74) is 0. The molecule has 1 aliphatic heterocycles. The van der Waals surface area contributed by atoms with E-state index in [9.17, 15) is 9.59 Å². The third kappa shape index (κ3) is 3.19. The van der Waals surface area contributed by atoms with Crippen LogP contribution in [0, 0.1) is 0 Å². The SMILES string of the molecule is CCCN1CC(=O)N(Cc2nnc(NC)s2)CC1=O. The third-order valence-corrected chi connectivity index (χ3v) is 3.78. The first kappa shape index (κ1) is 13.7. The maximum Gasteiger partial charge on any atom is 0.243 e. The minimum absolute atomic E-state index is 0.000180. The van der Waals surface area contributed by atoms with Crippen LogP contribution in [0.4, 0.5) is 5.13 Å². The van der Waals surface area contributed by atoms with Crippen molar-refractivity contribution in [2.24, 2.45) is 0 Å². The van der Waals surface area contributed by atoms with E-state index in [1.807, 2.05) is 6.92 Å². The Hall–Kier alpha value is -1.70. The van der Waals surface area contributed by atoms with Gasteiger partial charge in [0.15, 0.2) is 0 Å². The summed E-state index contributed by atoms with van der Waals surface area (Å²) in [5.74, 6) is -0.0333. The van der Waals surface area contributed by atoms with Gasteiger partial charge >= 0.3 is 0 Å². The number of hydrogen-bond acceptors (Lipinski definition) is 6. The lowest BCUT2D eigenvalue weighted by molar-refractivity contribution is -0.150. The number of amides is 2. The first-order valence-corrected chi connectivity index (χ1v) is 7.01. The summed E-state index contributed by atoms with van der Waals surface area (Å²) in [6.07, 6.45) is 0.862. The van der Waals surface area contributed by atoms with E-state index in [-0.39, 0.29) is 24.9 Å². The molecule has 0 radical (unpaired) electrons. The van der Waals surface area contributed by atoms with Gasteiger partial charge in [0.2, 0.25) is 16.9 Å². The Morgan fingerprint density at radius 1 is 1.21 bits per heavy atom. The van der Waals surface area contributed by atoms with Gasteiger partial charge in [0.05, 0.1) is 13.1 Å². The molecule has 1 aliphatic rings. The molecule has 0 bridgehead atoms. The molecule has 104 valence electrons. The Labute approximate surface area is 115 Å². The molecule has 0 saturated carbocycles. The van der Waals surface area contributed by atoms with E-state index < -0.39 is 0 Å². The van der Waals surface area contributed by atoms with Crippen LogP contribution in [0.1, 0.15) is 18.4 Å². The monoisotopic (exact) mass is 283 g/mol. The Morgan fingerprint density at radius 2 is 1.89 bits per heavy atom. The van der Waals surface area contributed by atoms with Crippen molar-refractivity contribution < 1.29 is 9.59 Å². The highest BCUT2D eigenvalue weighted by Gasteiger charge is 2.29. The summed E-state index contributed by atoms with van der Waals surface area (Å²) in [6, 6.07) is 0. The van der Waals surface area contributed by atoms with E-state index in [1.54, 1.807) is 11.9 Å². The van der Waals surface area contributed by atoms with Crippen molar-refractivity contribution in [3.63, 3.8) is 0 Å². The average molecular weight is 283 g/mol. The molecule has 0 spiro atoms. The second-order valence-corrected chi connectivity index (χ2v) is 5.38. The summed E-state index contributed by atoms with van der Waals surface area (Å²) >= 11 is 1.39. The number of rotatable bonds is 5. The fourth-order valence-corrected chi connectivity index (χ4v) is 2.61. The largest absolute Gasteiger partial charge is 0.363 e. The second-order valence-electron chi connectivity index (χ2n) is 4.32. The van der Waals surface area contributed by atoms with Gasteiger partial charge in [-0.3, -0.25) is 9.59 Å². The van der Waals surface area contributed by atoms with Crippen molar-refractivity contribution in [3.8, 4) is 0 Å². The third-order valence-electron chi connectivity index (χ3n) is 2.86. The number of hydrogen-bond donors (Lipinski definition) is 1. The quantitative estimate of drug-likeness (QED) is 0.833. The van der Waals surface area contributed by atoms with Gasteiger partial charge in [0.1, 0.15) is 11.6 Å². The Kier molecular flexibility index (Phi) is 4.31. The van der Waals surface area contributed by atoms with E-state index in [2.05, 4.69) is 15.5 Å². The molecule has 0 aliphatic carbocycles. The highest BCUT2D eigenvalue weighted by atomic mass is 32.1. The van der Waals surface area contributed by atoms with E-state index in [4.69, 9.17) is 0 Å². The summed E-state index contributed by atoms with van der Waals surface area (Å²) in [4.78, 5) is 27.0. The van der Waals surface area contributed by atoms with Gasteiger partial charge in [-0.2, -0.15) is 0 Å². The Bertz CT molecular complexity index is 475. The number of carbonyl (C=O) groups is 2. The maximum atomic E-state index is 12.0. The van der Waals surface area contributed by atoms with Crippen molar-refractivity contribution in [3.05, 3.63) is 5.01 Å². The minimum atomic E-state index is -0.0331. The van der Waals surface area contributed by atoms with Crippen molar-refractivity contribution in [1.29, 1.82) is 0 Å². The number of anilines is 1. The van der Waals surface area contributed by atoms with Crippen LogP contribution in [0.15, 0.2) is 0 Å². The maximum absolute atomic E-state index is 12.0. The zero-order valence-electron chi connectivity index (χ0n) is 11.0. The summed E-state index contributed by atoms with van der Waals surface area (Å²) in [6.45, 7) is 3.29. The fraction of sp³-hybridized carbons (Fsp3) is 0.636. The first-order chi connectivity index (χ1) is 9.13. The van der Waals surface area contributed by atoms with E-state index >= 15 is 0 Å². The van der Waals surface area contributed by atoms with Gasteiger partial charge in [-0.25, -0.2) is 0 Å². The molecule has 8 heteroatoms. The van der Waals surface area contributed by atoms with Gasteiger partial charge in [-0.05, 0) is 6.42 Å². The van der Waals surface area contributed by atoms with Crippen molar-refractivity contribution in [2.45, 2.75) is 19.9 Å². The van der Waals surface area contributed by atoms with Gasteiger partial charge in [-0.1, -0.05) is 18.3 Å². The number of nitrogens with zero attached hydrogens (tertiary/aromatic N) is 4.